The molecule has 0 radical (unpaired) electrons. The smallest absolute Gasteiger partial charge is 0.108 e. The molecule has 1 aromatic carbocycles. The molecule has 2 fully saturated rings. The maximum atomic E-state index is 10.4. The predicted molar refractivity (Wildman–Crippen MR) is 81.6 cm³/mol. The van der Waals surface area contributed by atoms with Gasteiger partial charge in [-0.25, -0.2) is 0 Å². The SMILES string of the molecule is CC(NC(O)[C@H]1[C@@H]2CNC[C@@H]21)c1nn(C)c2ccccc12. The minimum absolute atomic E-state index is 0.0420. The summed E-state index contributed by atoms with van der Waals surface area (Å²) in [5.74, 6) is 1.71. The minimum atomic E-state index is -0.433. The predicted octanol–water partition coefficient (Wildman–Crippen LogP) is 1.01. The van der Waals surface area contributed by atoms with Crippen LogP contribution in [0.25, 0.3) is 10.9 Å². The van der Waals surface area contributed by atoms with Gasteiger partial charge in [0.2, 0.25) is 0 Å². The molecule has 2 unspecified atom stereocenters. The summed E-state index contributed by atoms with van der Waals surface area (Å²) in [6.45, 7) is 4.18. The zero-order valence-corrected chi connectivity index (χ0v) is 12.5. The average molecular weight is 286 g/mol. The van der Waals surface area contributed by atoms with Crippen molar-refractivity contribution in [1.29, 1.82) is 0 Å². The quantitative estimate of drug-likeness (QED) is 0.734. The van der Waals surface area contributed by atoms with Crippen LogP contribution in [-0.2, 0) is 7.05 Å². The summed E-state index contributed by atoms with van der Waals surface area (Å²) in [4.78, 5) is 0. The molecule has 2 aliphatic rings. The third kappa shape index (κ3) is 2.08. The number of piperidine rings is 1. The molecule has 2 aromatic rings. The van der Waals surface area contributed by atoms with Gasteiger partial charge < -0.3 is 10.4 Å². The fraction of sp³-hybridized carbons (Fsp3) is 0.562. The number of nitrogens with one attached hydrogen (secondary N) is 2. The Bertz CT molecular complexity index is 657. The summed E-state index contributed by atoms with van der Waals surface area (Å²) in [6.07, 6.45) is -0.433. The first-order chi connectivity index (χ1) is 10.2. The lowest BCUT2D eigenvalue weighted by molar-refractivity contribution is 0.0898. The first-order valence-corrected chi connectivity index (χ1v) is 7.73. The molecular formula is C16H22N4O. The van der Waals surface area contributed by atoms with E-state index in [1.54, 1.807) is 0 Å². The van der Waals surface area contributed by atoms with Crippen molar-refractivity contribution in [3.8, 4) is 0 Å². The number of aliphatic hydroxyl groups excluding tert-OH is 1. The van der Waals surface area contributed by atoms with Crippen molar-refractivity contribution in [2.75, 3.05) is 13.1 Å². The molecule has 1 aromatic heterocycles. The van der Waals surface area contributed by atoms with Crippen LogP contribution in [0.1, 0.15) is 18.7 Å². The summed E-state index contributed by atoms with van der Waals surface area (Å²) in [6, 6.07) is 8.27. The van der Waals surface area contributed by atoms with Crippen molar-refractivity contribution < 1.29 is 5.11 Å². The van der Waals surface area contributed by atoms with E-state index in [-0.39, 0.29) is 6.04 Å². The highest BCUT2D eigenvalue weighted by atomic mass is 16.3. The Morgan fingerprint density at radius 2 is 2.05 bits per heavy atom. The molecule has 5 heteroatoms. The number of aromatic nitrogens is 2. The number of benzene rings is 1. The monoisotopic (exact) mass is 286 g/mol. The number of nitrogens with zero attached hydrogens (tertiary/aromatic N) is 2. The molecule has 1 saturated carbocycles. The number of hydrogen-bond acceptors (Lipinski definition) is 4. The van der Waals surface area contributed by atoms with Crippen LogP contribution < -0.4 is 10.6 Å². The maximum Gasteiger partial charge on any atom is 0.108 e. The highest BCUT2D eigenvalue weighted by Gasteiger charge is 2.56. The van der Waals surface area contributed by atoms with Crippen molar-refractivity contribution in [3.05, 3.63) is 30.0 Å². The van der Waals surface area contributed by atoms with Crippen molar-refractivity contribution in [1.82, 2.24) is 20.4 Å². The molecular weight excluding hydrogens is 264 g/mol. The first kappa shape index (κ1) is 13.2. The fourth-order valence-electron chi connectivity index (χ4n) is 3.94. The van der Waals surface area contributed by atoms with Gasteiger partial charge in [0, 0.05) is 18.4 Å². The lowest BCUT2D eigenvalue weighted by Gasteiger charge is -2.19. The second kappa shape index (κ2) is 4.80. The van der Waals surface area contributed by atoms with Crippen LogP contribution in [0.4, 0.5) is 0 Å². The van der Waals surface area contributed by atoms with Gasteiger partial charge in [-0.15, -0.1) is 0 Å². The second-order valence-electron chi connectivity index (χ2n) is 6.42. The number of rotatable bonds is 4. The van der Waals surface area contributed by atoms with Gasteiger partial charge in [-0.05, 0) is 37.9 Å². The van der Waals surface area contributed by atoms with Crippen molar-refractivity contribution >= 4 is 10.9 Å². The van der Waals surface area contributed by atoms with Crippen LogP contribution in [0.3, 0.4) is 0 Å². The molecule has 1 aliphatic heterocycles. The second-order valence-corrected chi connectivity index (χ2v) is 6.42. The van der Waals surface area contributed by atoms with Gasteiger partial charge >= 0.3 is 0 Å². The largest absolute Gasteiger partial charge is 0.378 e. The molecule has 0 amide bonds. The van der Waals surface area contributed by atoms with Crippen LogP contribution in [-0.4, -0.2) is 34.2 Å². The van der Waals surface area contributed by atoms with E-state index in [9.17, 15) is 5.11 Å². The summed E-state index contributed by atoms with van der Waals surface area (Å²) in [5.41, 5.74) is 2.14. The highest BCUT2D eigenvalue weighted by molar-refractivity contribution is 5.82. The Hall–Kier alpha value is -1.43. The molecule has 3 N–H and O–H groups in total. The third-order valence-electron chi connectivity index (χ3n) is 5.14. The van der Waals surface area contributed by atoms with Gasteiger partial charge in [0.25, 0.3) is 0 Å². The third-order valence-corrected chi connectivity index (χ3v) is 5.14. The molecule has 0 bridgehead atoms. The topological polar surface area (TPSA) is 62.1 Å². The van der Waals surface area contributed by atoms with Crippen LogP contribution in [0.15, 0.2) is 24.3 Å². The van der Waals surface area contributed by atoms with Gasteiger partial charge in [-0.3, -0.25) is 10.00 Å². The number of hydrogen-bond donors (Lipinski definition) is 3. The van der Waals surface area contributed by atoms with Crippen LogP contribution in [0.5, 0.6) is 0 Å². The van der Waals surface area contributed by atoms with Crippen LogP contribution >= 0.6 is 0 Å². The van der Waals surface area contributed by atoms with E-state index in [1.807, 2.05) is 23.9 Å². The Balaban J connectivity index is 1.52. The van der Waals surface area contributed by atoms with E-state index in [1.165, 1.54) is 0 Å². The number of aryl methyl sites for hydroxylation is 1. The summed E-state index contributed by atoms with van der Waals surface area (Å²) in [5, 5.41) is 22.9. The van der Waals surface area contributed by atoms with E-state index in [0.717, 1.165) is 29.7 Å². The molecule has 1 saturated heterocycles. The van der Waals surface area contributed by atoms with E-state index in [0.29, 0.717) is 17.8 Å². The molecule has 112 valence electrons. The lowest BCUT2D eigenvalue weighted by Crippen LogP contribution is -2.36. The molecule has 5 atom stereocenters. The minimum Gasteiger partial charge on any atom is -0.378 e. The van der Waals surface area contributed by atoms with Crippen LogP contribution in [0, 0.1) is 17.8 Å². The number of para-hydroxylation sites is 1. The molecule has 0 spiro atoms. The molecule has 1 aliphatic carbocycles. The van der Waals surface area contributed by atoms with Gasteiger partial charge in [-0.1, -0.05) is 18.2 Å². The van der Waals surface area contributed by atoms with Gasteiger partial charge in [0.1, 0.15) is 6.23 Å². The zero-order chi connectivity index (χ0) is 14.6. The Kier molecular flexibility index (Phi) is 3.03. The molecule has 2 heterocycles. The number of fused-ring (bicyclic) bond motifs is 2. The van der Waals surface area contributed by atoms with E-state index in [4.69, 9.17) is 0 Å². The van der Waals surface area contributed by atoms with Crippen molar-refractivity contribution in [2.45, 2.75) is 19.2 Å². The Morgan fingerprint density at radius 3 is 2.81 bits per heavy atom. The van der Waals surface area contributed by atoms with E-state index in [2.05, 4.69) is 34.8 Å². The standard InChI is InChI=1S/C16H22N4O/c1-9(18-16(21)14-11-7-17-8-12(11)14)15-10-5-3-4-6-13(10)20(2)19-15/h3-6,9,11-12,14,16-18,21H,7-8H2,1-2H3/t9?,11-,12+,14+,16?. The molecule has 5 nitrogen and oxygen atoms in total. The molecule has 4 rings (SSSR count). The van der Waals surface area contributed by atoms with Gasteiger partial charge in [0.15, 0.2) is 0 Å². The number of aliphatic hydroxyl groups is 1. The average Bonchev–Trinajstić information content (AvgIpc) is 2.83. The first-order valence-electron chi connectivity index (χ1n) is 7.73. The van der Waals surface area contributed by atoms with E-state index < -0.39 is 6.23 Å². The summed E-state index contributed by atoms with van der Waals surface area (Å²) < 4.78 is 1.91. The van der Waals surface area contributed by atoms with E-state index >= 15 is 0 Å². The van der Waals surface area contributed by atoms with Gasteiger partial charge in [0.05, 0.1) is 17.3 Å². The lowest BCUT2D eigenvalue weighted by atomic mass is 10.1. The Morgan fingerprint density at radius 1 is 1.33 bits per heavy atom. The summed E-state index contributed by atoms with van der Waals surface area (Å²) in [7, 11) is 1.96. The zero-order valence-electron chi connectivity index (χ0n) is 12.5. The normalized spacial score (nSPS) is 30.3. The Labute approximate surface area is 124 Å². The van der Waals surface area contributed by atoms with Crippen LogP contribution in [0.2, 0.25) is 0 Å². The maximum absolute atomic E-state index is 10.4. The van der Waals surface area contributed by atoms with Crippen molar-refractivity contribution in [3.63, 3.8) is 0 Å². The van der Waals surface area contributed by atoms with Crippen molar-refractivity contribution in [2.24, 2.45) is 24.8 Å². The summed E-state index contributed by atoms with van der Waals surface area (Å²) >= 11 is 0. The fourth-order valence-corrected chi connectivity index (χ4v) is 3.94. The van der Waals surface area contributed by atoms with Gasteiger partial charge in [-0.2, -0.15) is 5.10 Å². The highest BCUT2D eigenvalue weighted by Crippen LogP contribution is 2.50. The molecule has 21 heavy (non-hydrogen) atoms.